The molecule has 2 rings (SSSR count). The van der Waals surface area contributed by atoms with Gasteiger partial charge in [0.2, 0.25) is 0 Å². The van der Waals surface area contributed by atoms with Crippen LogP contribution in [0.15, 0.2) is 53.5 Å². The number of methoxy groups -OCH3 is 1. The molecule has 0 unspecified atom stereocenters. The number of aliphatic imine (C=N–C) groups is 1. The van der Waals surface area contributed by atoms with Gasteiger partial charge in [-0.3, -0.25) is 4.99 Å². The number of hydrogen-bond acceptors (Lipinski definition) is 3. The summed E-state index contributed by atoms with van der Waals surface area (Å²) in [5, 5.41) is 3.28. The summed E-state index contributed by atoms with van der Waals surface area (Å²) in [5.41, 5.74) is 2.05. The average Bonchev–Trinajstić information content (AvgIpc) is 2.65. The first kappa shape index (κ1) is 20.5. The highest BCUT2D eigenvalue weighted by Gasteiger charge is 2.12. The number of nitrogens with zero attached hydrogens (tertiary/aromatic N) is 2. The van der Waals surface area contributed by atoms with Crippen LogP contribution < -0.4 is 14.8 Å². The highest BCUT2D eigenvalue weighted by atomic mass is 19.3. The van der Waals surface area contributed by atoms with Crippen molar-refractivity contribution in [2.24, 2.45) is 4.99 Å². The Hall–Kier alpha value is -2.83. The van der Waals surface area contributed by atoms with E-state index in [4.69, 9.17) is 4.74 Å². The number of alkyl halides is 2. The van der Waals surface area contributed by atoms with Gasteiger partial charge in [-0.15, -0.1) is 0 Å². The topological polar surface area (TPSA) is 46.1 Å². The first-order valence-corrected chi connectivity index (χ1v) is 8.61. The SMILES string of the molecule is CN=C(NCCc1ccc(OC)c(OC(F)F)c1)N(C)Cc1ccccc1. The smallest absolute Gasteiger partial charge is 0.387 e. The van der Waals surface area contributed by atoms with Crippen LogP contribution in [0, 0.1) is 0 Å². The second-order valence-corrected chi connectivity index (χ2v) is 5.93. The molecule has 0 bridgehead atoms. The van der Waals surface area contributed by atoms with E-state index in [1.54, 1.807) is 19.2 Å². The summed E-state index contributed by atoms with van der Waals surface area (Å²) in [4.78, 5) is 6.31. The maximum absolute atomic E-state index is 12.5. The number of guanidine groups is 1. The number of hydrogen-bond donors (Lipinski definition) is 1. The molecule has 0 aliphatic carbocycles. The molecule has 0 saturated carbocycles. The van der Waals surface area contributed by atoms with Crippen molar-refractivity contribution >= 4 is 5.96 Å². The lowest BCUT2D eigenvalue weighted by Gasteiger charge is -2.22. The predicted molar refractivity (Wildman–Crippen MR) is 103 cm³/mol. The van der Waals surface area contributed by atoms with Gasteiger partial charge in [-0.25, -0.2) is 0 Å². The molecule has 1 N–H and O–H groups in total. The van der Waals surface area contributed by atoms with Crippen molar-refractivity contribution < 1.29 is 18.3 Å². The maximum Gasteiger partial charge on any atom is 0.387 e. The second-order valence-electron chi connectivity index (χ2n) is 5.93. The molecule has 2 aromatic rings. The number of ether oxygens (including phenoxy) is 2. The Bertz CT molecular complexity index is 739. The number of nitrogens with one attached hydrogen (secondary N) is 1. The van der Waals surface area contributed by atoms with E-state index in [-0.39, 0.29) is 11.5 Å². The van der Waals surface area contributed by atoms with E-state index in [9.17, 15) is 8.78 Å². The maximum atomic E-state index is 12.5. The van der Waals surface area contributed by atoms with E-state index >= 15 is 0 Å². The van der Waals surface area contributed by atoms with E-state index < -0.39 is 6.61 Å². The predicted octanol–water partition coefficient (Wildman–Crippen LogP) is 3.55. The van der Waals surface area contributed by atoms with Gasteiger partial charge in [-0.05, 0) is 29.7 Å². The molecule has 146 valence electrons. The monoisotopic (exact) mass is 377 g/mol. The van der Waals surface area contributed by atoms with Gasteiger partial charge in [-0.1, -0.05) is 36.4 Å². The molecule has 0 radical (unpaired) electrons. The summed E-state index contributed by atoms with van der Waals surface area (Å²) >= 11 is 0. The Labute approximate surface area is 158 Å². The lowest BCUT2D eigenvalue weighted by Crippen LogP contribution is -2.39. The van der Waals surface area contributed by atoms with E-state index in [0.717, 1.165) is 18.1 Å². The van der Waals surface area contributed by atoms with Crippen molar-refractivity contribution in [2.75, 3.05) is 27.7 Å². The Morgan fingerprint density at radius 2 is 1.85 bits per heavy atom. The quantitative estimate of drug-likeness (QED) is 0.565. The number of rotatable bonds is 8. The third-order valence-electron chi connectivity index (χ3n) is 3.98. The molecule has 7 heteroatoms. The summed E-state index contributed by atoms with van der Waals surface area (Å²) in [6.45, 7) is -1.56. The summed E-state index contributed by atoms with van der Waals surface area (Å²) in [7, 11) is 5.11. The van der Waals surface area contributed by atoms with Crippen LogP contribution in [0.25, 0.3) is 0 Å². The van der Waals surface area contributed by atoms with Gasteiger partial charge in [0.05, 0.1) is 7.11 Å². The molecule has 5 nitrogen and oxygen atoms in total. The van der Waals surface area contributed by atoms with Gasteiger partial charge >= 0.3 is 6.61 Å². The van der Waals surface area contributed by atoms with E-state index in [0.29, 0.717) is 13.0 Å². The minimum atomic E-state index is -2.89. The molecular weight excluding hydrogens is 352 g/mol. The molecule has 0 fully saturated rings. The second kappa shape index (κ2) is 10.4. The zero-order valence-corrected chi connectivity index (χ0v) is 15.8. The first-order chi connectivity index (χ1) is 13.0. The lowest BCUT2D eigenvalue weighted by molar-refractivity contribution is -0.0512. The van der Waals surface area contributed by atoms with E-state index in [2.05, 4.69) is 27.2 Å². The Kier molecular flexibility index (Phi) is 7.85. The molecule has 0 amide bonds. The minimum absolute atomic E-state index is 0.0376. The average molecular weight is 377 g/mol. The summed E-state index contributed by atoms with van der Waals surface area (Å²) in [6, 6.07) is 15.1. The van der Waals surface area contributed by atoms with Crippen LogP contribution in [0.1, 0.15) is 11.1 Å². The molecule has 0 heterocycles. The van der Waals surface area contributed by atoms with Crippen LogP contribution >= 0.6 is 0 Å². The van der Waals surface area contributed by atoms with Gasteiger partial charge in [0.1, 0.15) is 0 Å². The zero-order valence-electron chi connectivity index (χ0n) is 15.8. The highest BCUT2D eigenvalue weighted by molar-refractivity contribution is 5.79. The Morgan fingerprint density at radius 1 is 1.11 bits per heavy atom. The number of benzene rings is 2. The zero-order chi connectivity index (χ0) is 19.6. The van der Waals surface area contributed by atoms with Crippen molar-refractivity contribution in [1.29, 1.82) is 0 Å². The minimum Gasteiger partial charge on any atom is -0.493 e. The van der Waals surface area contributed by atoms with Crippen molar-refractivity contribution in [1.82, 2.24) is 10.2 Å². The van der Waals surface area contributed by atoms with Gasteiger partial charge in [-0.2, -0.15) is 8.78 Å². The van der Waals surface area contributed by atoms with Gasteiger partial charge in [0.25, 0.3) is 0 Å². The Morgan fingerprint density at radius 3 is 2.48 bits per heavy atom. The summed E-state index contributed by atoms with van der Waals surface area (Å²) in [6.07, 6.45) is 0.627. The lowest BCUT2D eigenvalue weighted by atomic mass is 10.1. The van der Waals surface area contributed by atoms with Crippen LogP contribution in [0.4, 0.5) is 8.78 Å². The van der Waals surface area contributed by atoms with Crippen molar-refractivity contribution in [3.63, 3.8) is 0 Å². The van der Waals surface area contributed by atoms with Crippen LogP contribution in [-0.4, -0.2) is 45.2 Å². The molecule has 27 heavy (non-hydrogen) atoms. The van der Waals surface area contributed by atoms with Gasteiger partial charge in [0.15, 0.2) is 17.5 Å². The molecule has 2 aromatic carbocycles. The van der Waals surface area contributed by atoms with Crippen LogP contribution in [-0.2, 0) is 13.0 Å². The third-order valence-corrected chi connectivity index (χ3v) is 3.98. The number of halogens is 2. The summed E-state index contributed by atoms with van der Waals surface area (Å²) < 4.78 is 34.6. The van der Waals surface area contributed by atoms with Crippen molar-refractivity contribution in [3.8, 4) is 11.5 Å². The van der Waals surface area contributed by atoms with E-state index in [1.165, 1.54) is 12.7 Å². The highest BCUT2D eigenvalue weighted by Crippen LogP contribution is 2.29. The fourth-order valence-corrected chi connectivity index (χ4v) is 2.70. The normalized spacial score (nSPS) is 11.4. The van der Waals surface area contributed by atoms with Crippen molar-refractivity contribution in [2.45, 2.75) is 19.6 Å². The largest absolute Gasteiger partial charge is 0.493 e. The molecule has 0 atom stereocenters. The summed E-state index contributed by atoms with van der Waals surface area (Å²) in [5.74, 6) is 1.08. The van der Waals surface area contributed by atoms with Crippen LogP contribution in [0.3, 0.4) is 0 Å². The molecular formula is C20H25F2N3O2. The standard InChI is InChI=1S/C20H25F2N3O2/c1-23-20(25(2)14-16-7-5-4-6-8-16)24-12-11-15-9-10-17(26-3)18(13-15)27-19(21)22/h4-10,13,19H,11-12,14H2,1-3H3,(H,23,24). The third kappa shape index (κ3) is 6.44. The van der Waals surface area contributed by atoms with Crippen LogP contribution in [0.2, 0.25) is 0 Å². The van der Waals surface area contributed by atoms with Crippen LogP contribution in [0.5, 0.6) is 11.5 Å². The van der Waals surface area contributed by atoms with E-state index in [1.807, 2.05) is 36.2 Å². The fourth-order valence-electron chi connectivity index (χ4n) is 2.70. The molecule has 0 aliphatic rings. The molecule has 0 saturated heterocycles. The van der Waals surface area contributed by atoms with Gasteiger partial charge < -0.3 is 19.7 Å². The molecule has 0 aromatic heterocycles. The fraction of sp³-hybridized carbons (Fsp3) is 0.350. The first-order valence-electron chi connectivity index (χ1n) is 8.61. The molecule has 0 spiro atoms. The Balaban J connectivity index is 1.92. The van der Waals surface area contributed by atoms with Crippen molar-refractivity contribution in [3.05, 3.63) is 59.7 Å². The van der Waals surface area contributed by atoms with Gasteiger partial charge in [0, 0.05) is 27.2 Å². The molecule has 0 aliphatic heterocycles.